The zero-order chi connectivity index (χ0) is 46.5. The summed E-state index contributed by atoms with van der Waals surface area (Å²) in [5.41, 5.74) is -13.2. The highest BCUT2D eigenvalue weighted by Crippen LogP contribution is 2.31. The van der Waals surface area contributed by atoms with E-state index in [4.69, 9.17) is 0 Å². The van der Waals surface area contributed by atoms with Crippen LogP contribution in [0.2, 0.25) is 0 Å². The summed E-state index contributed by atoms with van der Waals surface area (Å²) in [6.07, 6.45) is -7.22. The lowest BCUT2D eigenvalue weighted by Gasteiger charge is -2.44. The van der Waals surface area contributed by atoms with Crippen molar-refractivity contribution in [3.05, 3.63) is 183 Å². The van der Waals surface area contributed by atoms with Gasteiger partial charge in [0.25, 0.3) is 0 Å². The summed E-state index contributed by atoms with van der Waals surface area (Å²) in [6.45, 7) is 2.00. The molecule has 0 bridgehead atoms. The zero-order valence-electron chi connectivity index (χ0n) is 30.1. The lowest BCUT2D eigenvalue weighted by Crippen LogP contribution is -2.81. The Morgan fingerprint density at radius 3 is 0.774 bits per heavy atom. The van der Waals surface area contributed by atoms with Gasteiger partial charge in [-0.2, -0.15) is 0 Å². The van der Waals surface area contributed by atoms with Crippen molar-refractivity contribution in [1.29, 1.82) is 0 Å². The molecule has 0 fully saturated rings. The third-order valence-corrected chi connectivity index (χ3v) is 12.5. The van der Waals surface area contributed by atoms with Crippen LogP contribution in [0.4, 0.5) is 87.8 Å². The summed E-state index contributed by atoms with van der Waals surface area (Å²) in [6, 6.07) is 19.9. The van der Waals surface area contributed by atoms with Crippen LogP contribution in [0.1, 0.15) is 12.5 Å². The lowest BCUT2D eigenvalue weighted by atomic mass is 9.12. The van der Waals surface area contributed by atoms with Gasteiger partial charge < -0.3 is 0 Å². The fraction of sp³-hybridized carbons (Fsp3) is 0.0769. The van der Waals surface area contributed by atoms with Crippen LogP contribution >= 0.6 is 0 Å². The Morgan fingerprint density at radius 1 is 0.339 bits per heavy atom. The van der Waals surface area contributed by atoms with Gasteiger partial charge in [-0.05, 0) is 19.1 Å². The van der Waals surface area contributed by atoms with E-state index in [1.54, 1.807) is 0 Å². The highest BCUT2D eigenvalue weighted by molar-refractivity contribution is 8.02. The maximum Gasteiger partial charge on any atom is 0.200 e. The van der Waals surface area contributed by atoms with E-state index < -0.39 is 154 Å². The fourth-order valence-electron chi connectivity index (χ4n) is 6.74. The van der Waals surface area contributed by atoms with Gasteiger partial charge in [-0.15, -0.1) is 21.9 Å². The molecule has 1 unspecified atom stereocenters. The predicted octanol–water partition coefficient (Wildman–Crippen LogP) is 9.61. The van der Waals surface area contributed by atoms with Crippen molar-refractivity contribution in [2.75, 3.05) is 5.75 Å². The molecule has 0 radical (unpaired) electrons. The van der Waals surface area contributed by atoms with Gasteiger partial charge in [-0.25, -0.2) is 87.8 Å². The second-order valence-corrected chi connectivity index (χ2v) is 15.8. The first-order valence-corrected chi connectivity index (χ1v) is 18.7. The van der Waals surface area contributed by atoms with Crippen molar-refractivity contribution in [3.63, 3.8) is 0 Å². The Hall–Kier alpha value is -5.87. The SMILES string of the molecule is CC[S+](=O)(Cc1ccccc1)c1ccccc1.Fc1c(F)c(F)c([B-](c2c(F)c(F)c(F)c(F)c2F)(c2c(F)c(F)c(F)c(F)c2F)c2c(F)c(F)c(F)c(F)c2F)c(F)c1F. The zero-order valence-corrected chi connectivity index (χ0v) is 31.0. The number of halogens is 20. The Morgan fingerprint density at radius 2 is 0.548 bits per heavy atom. The van der Waals surface area contributed by atoms with E-state index in [0.717, 1.165) is 10.5 Å². The summed E-state index contributed by atoms with van der Waals surface area (Å²) in [5, 5.41) is 0. The molecule has 0 saturated heterocycles. The second kappa shape index (κ2) is 17.5. The molecule has 23 heteroatoms. The molecule has 0 aliphatic rings. The molecular weight excluding hydrogens is 907 g/mol. The Labute approximate surface area is 335 Å². The molecule has 0 amide bonds. The molecule has 0 heterocycles. The van der Waals surface area contributed by atoms with Crippen molar-refractivity contribution in [2.45, 2.75) is 17.6 Å². The van der Waals surface area contributed by atoms with E-state index >= 15 is 35.1 Å². The Balaban J connectivity index is 0.000000355. The molecule has 6 aromatic rings. The van der Waals surface area contributed by atoms with Gasteiger partial charge in [0.2, 0.25) is 0 Å². The minimum absolute atomic E-state index is 0.633. The largest absolute Gasteiger partial charge is 0.207 e. The van der Waals surface area contributed by atoms with E-state index in [2.05, 4.69) is 0 Å². The number of benzene rings is 6. The van der Waals surface area contributed by atoms with Crippen LogP contribution in [-0.4, -0.2) is 11.9 Å². The van der Waals surface area contributed by atoms with Crippen LogP contribution in [0, 0.1) is 116 Å². The standard InChI is InChI=1S/C24BF20.C15H17OS/c26-5-1(6(27)14(35)21(42)13(5)34)25(2-7(28)15(36)22(43)16(37)8(2)29,3-9(30)17(38)23(44)18(39)10(3)31)4-11(32)19(40)24(45)20(41)12(4)33;1-2-17(16,15-11-7-4-8-12-15)13-14-9-5-3-6-10-14/h;3-12H,2,13H2,1H3/q-1;+1. The van der Waals surface area contributed by atoms with E-state index in [-0.39, 0.29) is 0 Å². The summed E-state index contributed by atoms with van der Waals surface area (Å²) in [4.78, 5) is 0.964. The lowest BCUT2D eigenvalue weighted by molar-refractivity contribution is 0.378. The van der Waals surface area contributed by atoms with Crippen molar-refractivity contribution in [2.24, 2.45) is 0 Å². The van der Waals surface area contributed by atoms with Crippen LogP contribution in [0.5, 0.6) is 0 Å². The van der Waals surface area contributed by atoms with Crippen LogP contribution in [-0.2, 0) is 19.9 Å². The van der Waals surface area contributed by atoms with E-state index in [1.807, 2.05) is 67.6 Å². The topological polar surface area (TPSA) is 17.1 Å². The summed E-state index contributed by atoms with van der Waals surface area (Å²) in [5.74, 6) is -70.1. The van der Waals surface area contributed by atoms with Gasteiger partial charge >= 0.3 is 0 Å². The van der Waals surface area contributed by atoms with Gasteiger partial charge in [-0.1, -0.05) is 52.7 Å². The van der Waals surface area contributed by atoms with Crippen molar-refractivity contribution in [3.8, 4) is 0 Å². The summed E-state index contributed by atoms with van der Waals surface area (Å²) >= 11 is 0. The van der Waals surface area contributed by atoms with Crippen LogP contribution in [0.15, 0.2) is 65.6 Å². The van der Waals surface area contributed by atoms with Gasteiger partial charge in [-0.3, -0.25) is 0 Å². The number of rotatable bonds is 8. The van der Waals surface area contributed by atoms with E-state index in [1.165, 1.54) is 0 Å². The summed E-state index contributed by atoms with van der Waals surface area (Å²) < 4.78 is 307. The van der Waals surface area contributed by atoms with Gasteiger partial charge in [0.15, 0.2) is 74.7 Å². The molecule has 0 aliphatic heterocycles. The van der Waals surface area contributed by atoms with Crippen molar-refractivity contribution in [1.82, 2.24) is 0 Å². The fourth-order valence-corrected chi connectivity index (χ4v) is 8.83. The normalized spacial score (nSPS) is 12.6. The van der Waals surface area contributed by atoms with Crippen LogP contribution in [0.25, 0.3) is 0 Å². The van der Waals surface area contributed by atoms with Gasteiger partial charge in [0.05, 0.1) is 0 Å². The monoisotopic (exact) mass is 924 g/mol. The first kappa shape index (κ1) is 47.2. The predicted molar refractivity (Wildman–Crippen MR) is 183 cm³/mol. The maximum atomic E-state index is 15.4. The molecule has 0 aliphatic carbocycles. The molecule has 0 N–H and O–H groups in total. The molecular formula is C39H17BF20OS. The Kier molecular flexibility index (Phi) is 13.3. The highest BCUT2D eigenvalue weighted by Gasteiger charge is 2.52. The smallest absolute Gasteiger partial charge is 0.200 e. The molecule has 1 nitrogen and oxygen atoms in total. The molecule has 328 valence electrons. The van der Waals surface area contributed by atoms with Crippen LogP contribution < -0.4 is 21.9 Å². The quantitative estimate of drug-likeness (QED) is 0.0489. The van der Waals surface area contributed by atoms with Gasteiger partial charge in [0, 0.05) is 5.56 Å². The average Bonchev–Trinajstić information content (AvgIpc) is 3.27. The minimum atomic E-state index is -7.22. The first-order valence-electron chi connectivity index (χ1n) is 16.8. The minimum Gasteiger partial charge on any atom is -0.207 e. The molecule has 62 heavy (non-hydrogen) atoms. The molecule has 0 spiro atoms. The molecule has 0 saturated carbocycles. The van der Waals surface area contributed by atoms with Gasteiger partial charge in [0.1, 0.15) is 74.1 Å². The van der Waals surface area contributed by atoms with Crippen molar-refractivity contribution >= 4 is 37.9 Å². The van der Waals surface area contributed by atoms with Crippen LogP contribution in [0.3, 0.4) is 0 Å². The third-order valence-electron chi connectivity index (χ3n) is 9.59. The summed E-state index contributed by atoms with van der Waals surface area (Å²) in [7, 11) is -1.96. The highest BCUT2D eigenvalue weighted by atomic mass is 32.2. The third kappa shape index (κ3) is 7.36. The molecule has 0 aromatic heterocycles. The molecule has 6 aromatic carbocycles. The van der Waals surface area contributed by atoms with E-state index in [0.29, 0.717) is 11.5 Å². The number of hydrogen-bond acceptors (Lipinski definition) is 1. The van der Waals surface area contributed by atoms with Crippen molar-refractivity contribution < 1.29 is 92.0 Å². The average molecular weight is 924 g/mol. The molecule has 1 atom stereocenters. The first-order chi connectivity index (χ1) is 28.9. The second-order valence-electron chi connectivity index (χ2n) is 12.8. The Bertz CT molecular complexity index is 2400. The number of hydrogen-bond donors (Lipinski definition) is 0. The molecule has 6 rings (SSSR count). The van der Waals surface area contributed by atoms with E-state index in [9.17, 15) is 56.9 Å². The maximum absolute atomic E-state index is 15.4.